The first-order valence-corrected chi connectivity index (χ1v) is 6.64. The van der Waals surface area contributed by atoms with E-state index in [4.69, 9.17) is 10.5 Å². The SMILES string of the molecule is Nc1ccc(C(=O)N2CCOC3CCCC32)cc1F. The third-order valence-corrected chi connectivity index (χ3v) is 3.99. The Morgan fingerprint density at radius 3 is 3.05 bits per heavy atom. The fourth-order valence-electron chi connectivity index (χ4n) is 3.00. The van der Waals surface area contributed by atoms with Crippen LogP contribution in [0.3, 0.4) is 0 Å². The first kappa shape index (κ1) is 12.4. The second kappa shape index (κ2) is 4.81. The molecule has 1 aliphatic heterocycles. The second-order valence-corrected chi connectivity index (χ2v) is 5.14. The molecule has 2 atom stereocenters. The van der Waals surface area contributed by atoms with Gasteiger partial charge in [-0.2, -0.15) is 0 Å². The fourth-order valence-corrected chi connectivity index (χ4v) is 3.00. The Labute approximate surface area is 111 Å². The zero-order chi connectivity index (χ0) is 13.4. The molecule has 1 aromatic carbocycles. The summed E-state index contributed by atoms with van der Waals surface area (Å²) in [5.74, 6) is -0.666. The lowest BCUT2D eigenvalue weighted by atomic mass is 10.1. The van der Waals surface area contributed by atoms with Crippen LogP contribution in [0.2, 0.25) is 0 Å². The average molecular weight is 264 g/mol. The molecule has 3 rings (SSSR count). The molecule has 1 saturated heterocycles. The number of ether oxygens (including phenoxy) is 1. The van der Waals surface area contributed by atoms with Gasteiger partial charge in [-0.1, -0.05) is 0 Å². The van der Waals surface area contributed by atoms with E-state index in [2.05, 4.69) is 0 Å². The van der Waals surface area contributed by atoms with E-state index < -0.39 is 5.82 Å². The highest BCUT2D eigenvalue weighted by molar-refractivity contribution is 5.95. The number of rotatable bonds is 1. The topological polar surface area (TPSA) is 55.6 Å². The summed E-state index contributed by atoms with van der Waals surface area (Å²) in [7, 11) is 0. The summed E-state index contributed by atoms with van der Waals surface area (Å²) < 4.78 is 19.1. The molecule has 102 valence electrons. The molecule has 0 bridgehead atoms. The number of fused-ring (bicyclic) bond motifs is 1. The van der Waals surface area contributed by atoms with E-state index >= 15 is 0 Å². The second-order valence-electron chi connectivity index (χ2n) is 5.14. The van der Waals surface area contributed by atoms with Gasteiger partial charge >= 0.3 is 0 Å². The third kappa shape index (κ3) is 2.18. The molecule has 0 spiro atoms. The van der Waals surface area contributed by atoms with Gasteiger partial charge in [0.2, 0.25) is 0 Å². The summed E-state index contributed by atoms with van der Waals surface area (Å²) in [4.78, 5) is 14.3. The highest BCUT2D eigenvalue weighted by Crippen LogP contribution is 2.30. The van der Waals surface area contributed by atoms with Crippen LogP contribution in [0.25, 0.3) is 0 Å². The van der Waals surface area contributed by atoms with E-state index in [1.807, 2.05) is 4.90 Å². The van der Waals surface area contributed by atoms with Crippen LogP contribution in [0.15, 0.2) is 18.2 Å². The lowest BCUT2D eigenvalue weighted by molar-refractivity contribution is -0.0445. The van der Waals surface area contributed by atoms with E-state index in [0.717, 1.165) is 19.3 Å². The molecule has 1 aromatic rings. The van der Waals surface area contributed by atoms with Crippen molar-refractivity contribution in [3.63, 3.8) is 0 Å². The molecule has 2 fully saturated rings. The molecule has 0 radical (unpaired) electrons. The molecular weight excluding hydrogens is 247 g/mol. The van der Waals surface area contributed by atoms with Crippen molar-refractivity contribution in [3.8, 4) is 0 Å². The minimum absolute atomic E-state index is 0.0669. The van der Waals surface area contributed by atoms with E-state index in [1.54, 1.807) is 6.07 Å². The van der Waals surface area contributed by atoms with E-state index in [-0.39, 0.29) is 23.7 Å². The molecule has 1 aliphatic carbocycles. The Kier molecular flexibility index (Phi) is 3.14. The number of benzene rings is 1. The van der Waals surface area contributed by atoms with Crippen molar-refractivity contribution >= 4 is 11.6 Å². The van der Waals surface area contributed by atoms with E-state index in [0.29, 0.717) is 18.7 Å². The smallest absolute Gasteiger partial charge is 0.254 e. The van der Waals surface area contributed by atoms with Gasteiger partial charge in [0.25, 0.3) is 5.91 Å². The number of nitrogen functional groups attached to an aromatic ring is 1. The van der Waals surface area contributed by atoms with Crippen LogP contribution >= 0.6 is 0 Å². The lowest BCUT2D eigenvalue weighted by Gasteiger charge is -2.37. The number of nitrogens with two attached hydrogens (primary N) is 1. The zero-order valence-electron chi connectivity index (χ0n) is 10.6. The quantitative estimate of drug-likeness (QED) is 0.787. The molecular formula is C14H17FN2O2. The molecule has 5 heteroatoms. The normalized spacial score (nSPS) is 26.3. The highest BCUT2D eigenvalue weighted by atomic mass is 19.1. The number of halogens is 1. The van der Waals surface area contributed by atoms with Crippen LogP contribution in [0, 0.1) is 5.82 Å². The minimum atomic E-state index is -0.540. The highest BCUT2D eigenvalue weighted by Gasteiger charge is 2.38. The zero-order valence-corrected chi connectivity index (χ0v) is 10.6. The number of hydrogen-bond donors (Lipinski definition) is 1. The molecule has 0 aromatic heterocycles. The van der Waals surface area contributed by atoms with Gasteiger partial charge < -0.3 is 15.4 Å². The van der Waals surface area contributed by atoms with Gasteiger partial charge in [-0.3, -0.25) is 4.79 Å². The summed E-state index contributed by atoms with van der Waals surface area (Å²) in [6.45, 7) is 1.14. The van der Waals surface area contributed by atoms with Crippen LogP contribution in [0.5, 0.6) is 0 Å². The van der Waals surface area contributed by atoms with Crippen molar-refractivity contribution in [2.45, 2.75) is 31.4 Å². The average Bonchev–Trinajstić information content (AvgIpc) is 2.89. The van der Waals surface area contributed by atoms with Crippen LogP contribution in [0.1, 0.15) is 29.6 Å². The van der Waals surface area contributed by atoms with Crippen LogP contribution in [-0.2, 0) is 4.74 Å². The number of morpholine rings is 1. The molecule has 2 N–H and O–H groups in total. The summed E-state index contributed by atoms with van der Waals surface area (Å²) in [6.07, 6.45) is 3.20. The Morgan fingerprint density at radius 1 is 1.42 bits per heavy atom. The largest absolute Gasteiger partial charge is 0.396 e. The Balaban J connectivity index is 1.84. The molecule has 1 heterocycles. The predicted molar refractivity (Wildman–Crippen MR) is 69.2 cm³/mol. The summed E-state index contributed by atoms with van der Waals surface area (Å²) in [5, 5.41) is 0. The van der Waals surface area contributed by atoms with Gasteiger partial charge in [0.15, 0.2) is 0 Å². The molecule has 19 heavy (non-hydrogen) atoms. The monoisotopic (exact) mass is 264 g/mol. The predicted octanol–water partition coefficient (Wildman–Crippen LogP) is 1.80. The van der Waals surface area contributed by atoms with Crippen molar-refractivity contribution < 1.29 is 13.9 Å². The van der Waals surface area contributed by atoms with Crippen LogP contribution < -0.4 is 5.73 Å². The lowest BCUT2D eigenvalue weighted by Crippen LogP contribution is -2.51. The van der Waals surface area contributed by atoms with Gasteiger partial charge in [-0.25, -0.2) is 4.39 Å². The van der Waals surface area contributed by atoms with Crippen LogP contribution in [-0.4, -0.2) is 36.1 Å². The number of anilines is 1. The number of nitrogens with zero attached hydrogens (tertiary/aromatic N) is 1. The Hall–Kier alpha value is -1.62. The first-order chi connectivity index (χ1) is 9.16. The third-order valence-electron chi connectivity index (χ3n) is 3.99. The maximum atomic E-state index is 13.5. The molecule has 1 amide bonds. The van der Waals surface area contributed by atoms with Crippen molar-refractivity contribution in [3.05, 3.63) is 29.6 Å². The van der Waals surface area contributed by atoms with Gasteiger partial charge in [0, 0.05) is 12.1 Å². The number of amides is 1. The summed E-state index contributed by atoms with van der Waals surface area (Å²) in [5.41, 5.74) is 5.86. The van der Waals surface area contributed by atoms with Crippen molar-refractivity contribution in [2.75, 3.05) is 18.9 Å². The Bertz CT molecular complexity index is 506. The van der Waals surface area contributed by atoms with E-state index in [1.165, 1.54) is 12.1 Å². The van der Waals surface area contributed by atoms with Gasteiger partial charge in [0.1, 0.15) is 5.82 Å². The first-order valence-electron chi connectivity index (χ1n) is 6.64. The maximum absolute atomic E-state index is 13.5. The minimum Gasteiger partial charge on any atom is -0.396 e. The van der Waals surface area contributed by atoms with Crippen molar-refractivity contribution in [1.29, 1.82) is 0 Å². The molecule has 2 unspecified atom stereocenters. The van der Waals surface area contributed by atoms with Gasteiger partial charge in [0.05, 0.1) is 24.4 Å². The van der Waals surface area contributed by atoms with Crippen LogP contribution in [0.4, 0.5) is 10.1 Å². The van der Waals surface area contributed by atoms with Gasteiger partial charge in [-0.05, 0) is 37.5 Å². The number of hydrogen-bond acceptors (Lipinski definition) is 3. The fraction of sp³-hybridized carbons (Fsp3) is 0.500. The molecule has 2 aliphatic rings. The molecule has 4 nitrogen and oxygen atoms in total. The number of carbonyl (C=O) groups excluding carboxylic acids is 1. The maximum Gasteiger partial charge on any atom is 0.254 e. The van der Waals surface area contributed by atoms with Gasteiger partial charge in [-0.15, -0.1) is 0 Å². The summed E-state index contributed by atoms with van der Waals surface area (Å²) >= 11 is 0. The van der Waals surface area contributed by atoms with E-state index in [9.17, 15) is 9.18 Å². The molecule has 1 saturated carbocycles. The summed E-state index contributed by atoms with van der Waals surface area (Å²) in [6, 6.07) is 4.38. The number of carbonyl (C=O) groups is 1. The standard InChI is InChI=1S/C14H17FN2O2/c15-10-8-9(4-5-11(10)16)14(18)17-6-7-19-13-3-1-2-12(13)17/h4-5,8,12-13H,1-3,6-7,16H2. The Morgan fingerprint density at radius 2 is 2.26 bits per heavy atom. The van der Waals surface area contributed by atoms with Crippen molar-refractivity contribution in [2.24, 2.45) is 0 Å². The van der Waals surface area contributed by atoms with Crippen molar-refractivity contribution in [1.82, 2.24) is 4.90 Å².